The summed E-state index contributed by atoms with van der Waals surface area (Å²) in [6.45, 7) is 5.21. The van der Waals surface area contributed by atoms with Crippen LogP contribution in [0.2, 0.25) is 0 Å². The van der Waals surface area contributed by atoms with E-state index in [1.165, 1.54) is 6.92 Å². The average molecular weight is 522 g/mol. The van der Waals surface area contributed by atoms with E-state index in [4.69, 9.17) is 4.74 Å². The van der Waals surface area contributed by atoms with Crippen molar-refractivity contribution in [2.75, 3.05) is 4.90 Å². The molecule has 0 saturated carbocycles. The molecule has 3 aromatic carbocycles. The maximum Gasteiger partial charge on any atom is 0.254 e. The van der Waals surface area contributed by atoms with Crippen molar-refractivity contribution < 1.29 is 27.9 Å². The van der Waals surface area contributed by atoms with Crippen molar-refractivity contribution in [2.24, 2.45) is 0 Å². The Labute approximate surface area is 219 Å². The van der Waals surface area contributed by atoms with Crippen molar-refractivity contribution in [3.8, 4) is 5.75 Å². The molecule has 38 heavy (non-hydrogen) atoms. The third-order valence-electron chi connectivity index (χ3n) is 6.19. The molecule has 0 radical (unpaired) electrons. The lowest BCUT2D eigenvalue weighted by Gasteiger charge is -2.31. The molecule has 0 aromatic heterocycles. The standard InChI is InChI=1S/C29H29F2N3O4/c1-17(2)34-23-11-7-8-12-24(23)38-27(20-9-5-4-6-10-20)26(29(34)37)33-28(36)18(3)32-25(35)15-19-13-21(30)16-22(31)14-19/h4-14,16-18,26-27H,15H2,1-3H3,(H,32,35)(H,33,36)/t18-,26+,27-/m0/s1. The summed E-state index contributed by atoms with van der Waals surface area (Å²) in [6.07, 6.45) is -1.16. The summed E-state index contributed by atoms with van der Waals surface area (Å²) in [4.78, 5) is 41.2. The molecule has 1 aliphatic heterocycles. The first kappa shape index (κ1) is 26.8. The first-order valence-electron chi connectivity index (χ1n) is 12.3. The third-order valence-corrected chi connectivity index (χ3v) is 6.19. The molecule has 2 N–H and O–H groups in total. The van der Waals surface area contributed by atoms with E-state index in [1.54, 1.807) is 17.0 Å². The lowest BCUT2D eigenvalue weighted by molar-refractivity contribution is -0.132. The molecule has 4 rings (SSSR count). The predicted molar refractivity (Wildman–Crippen MR) is 138 cm³/mol. The number of nitrogens with one attached hydrogen (secondary N) is 2. The second-order valence-electron chi connectivity index (χ2n) is 9.45. The average Bonchev–Trinajstić information content (AvgIpc) is 2.98. The molecule has 0 spiro atoms. The predicted octanol–water partition coefficient (Wildman–Crippen LogP) is 4.07. The van der Waals surface area contributed by atoms with E-state index >= 15 is 0 Å². The Kier molecular flexibility index (Phi) is 8.05. The van der Waals surface area contributed by atoms with Gasteiger partial charge in [-0.25, -0.2) is 8.78 Å². The van der Waals surface area contributed by atoms with Crippen LogP contribution in [0.15, 0.2) is 72.8 Å². The van der Waals surface area contributed by atoms with E-state index in [9.17, 15) is 23.2 Å². The third kappa shape index (κ3) is 5.99. The zero-order valence-corrected chi connectivity index (χ0v) is 21.3. The smallest absolute Gasteiger partial charge is 0.254 e. The zero-order chi connectivity index (χ0) is 27.4. The maximum atomic E-state index is 13.9. The molecule has 0 fully saturated rings. The molecule has 0 bridgehead atoms. The van der Waals surface area contributed by atoms with Gasteiger partial charge in [-0.2, -0.15) is 0 Å². The Morgan fingerprint density at radius 3 is 2.24 bits per heavy atom. The molecule has 7 nitrogen and oxygen atoms in total. The van der Waals surface area contributed by atoms with Gasteiger partial charge in [0.15, 0.2) is 6.10 Å². The number of para-hydroxylation sites is 2. The van der Waals surface area contributed by atoms with Crippen molar-refractivity contribution in [1.29, 1.82) is 0 Å². The van der Waals surface area contributed by atoms with Crippen molar-refractivity contribution >= 4 is 23.4 Å². The van der Waals surface area contributed by atoms with Crippen LogP contribution >= 0.6 is 0 Å². The molecular weight excluding hydrogens is 492 g/mol. The fraction of sp³-hybridized carbons (Fsp3) is 0.276. The summed E-state index contributed by atoms with van der Waals surface area (Å²) in [6, 6.07) is 16.7. The van der Waals surface area contributed by atoms with E-state index in [1.807, 2.05) is 56.3 Å². The number of anilines is 1. The number of amides is 3. The van der Waals surface area contributed by atoms with Crippen molar-refractivity contribution in [3.63, 3.8) is 0 Å². The minimum Gasteiger partial charge on any atom is -0.481 e. The molecular formula is C29H29F2N3O4. The van der Waals surface area contributed by atoms with Crippen molar-refractivity contribution in [1.82, 2.24) is 10.6 Å². The summed E-state index contributed by atoms with van der Waals surface area (Å²) in [5, 5.41) is 5.31. The Balaban J connectivity index is 1.57. The highest BCUT2D eigenvalue weighted by molar-refractivity contribution is 6.02. The minimum absolute atomic E-state index is 0.134. The van der Waals surface area contributed by atoms with Gasteiger partial charge in [0.1, 0.15) is 29.5 Å². The minimum atomic E-state index is -1.10. The quantitative estimate of drug-likeness (QED) is 0.491. The Morgan fingerprint density at radius 1 is 0.947 bits per heavy atom. The maximum absolute atomic E-state index is 13.9. The SMILES string of the molecule is CC(C)N1C(=O)[C@H](NC(=O)[C@H](C)NC(=O)Cc2cc(F)cc(F)c2)[C@H](c2ccccc2)Oc2ccccc21. The van der Waals surface area contributed by atoms with Gasteiger partial charge in [0.05, 0.1) is 12.1 Å². The number of nitrogens with zero attached hydrogens (tertiary/aromatic N) is 1. The monoisotopic (exact) mass is 521 g/mol. The van der Waals surface area contributed by atoms with Crippen LogP contribution in [0.3, 0.4) is 0 Å². The first-order chi connectivity index (χ1) is 18.1. The lowest BCUT2D eigenvalue weighted by atomic mass is 10.00. The lowest BCUT2D eigenvalue weighted by Crippen LogP contribution is -2.56. The molecule has 1 heterocycles. The summed E-state index contributed by atoms with van der Waals surface area (Å²) in [5.41, 5.74) is 1.42. The van der Waals surface area contributed by atoms with Crippen LogP contribution in [0, 0.1) is 11.6 Å². The van der Waals surface area contributed by atoms with Gasteiger partial charge in [0.25, 0.3) is 5.91 Å². The fourth-order valence-corrected chi connectivity index (χ4v) is 4.47. The van der Waals surface area contributed by atoms with Gasteiger partial charge in [-0.15, -0.1) is 0 Å². The summed E-state index contributed by atoms with van der Waals surface area (Å²) in [5.74, 6) is -2.66. The van der Waals surface area contributed by atoms with Gasteiger partial charge in [-0.1, -0.05) is 42.5 Å². The van der Waals surface area contributed by atoms with Crippen molar-refractivity contribution in [2.45, 2.75) is 51.4 Å². The Hall–Kier alpha value is -4.27. The molecule has 9 heteroatoms. The van der Waals surface area contributed by atoms with Crippen LogP contribution in [-0.2, 0) is 20.8 Å². The van der Waals surface area contributed by atoms with E-state index in [0.717, 1.165) is 12.1 Å². The summed E-state index contributed by atoms with van der Waals surface area (Å²) >= 11 is 0. The number of fused-ring (bicyclic) bond motifs is 1. The summed E-state index contributed by atoms with van der Waals surface area (Å²) < 4.78 is 33.3. The fourth-order valence-electron chi connectivity index (χ4n) is 4.47. The molecule has 3 atom stereocenters. The van der Waals surface area contributed by atoms with Gasteiger partial charge in [-0.3, -0.25) is 14.4 Å². The molecule has 198 valence electrons. The second-order valence-corrected chi connectivity index (χ2v) is 9.45. The van der Waals surface area contributed by atoms with E-state index in [2.05, 4.69) is 10.6 Å². The number of carbonyl (C=O) groups is 3. The van der Waals surface area contributed by atoms with E-state index < -0.39 is 41.6 Å². The van der Waals surface area contributed by atoms with E-state index in [-0.39, 0.29) is 23.9 Å². The number of hydrogen-bond donors (Lipinski definition) is 2. The topological polar surface area (TPSA) is 87.7 Å². The number of carbonyl (C=O) groups excluding carboxylic acids is 3. The van der Waals surface area contributed by atoms with E-state index in [0.29, 0.717) is 23.1 Å². The Morgan fingerprint density at radius 2 is 1.58 bits per heavy atom. The zero-order valence-electron chi connectivity index (χ0n) is 21.3. The van der Waals surface area contributed by atoms with Crippen LogP contribution in [0.1, 0.15) is 38.0 Å². The number of halogens is 2. The van der Waals surface area contributed by atoms with Crippen LogP contribution in [0.4, 0.5) is 14.5 Å². The largest absolute Gasteiger partial charge is 0.481 e. The van der Waals surface area contributed by atoms with Gasteiger partial charge in [-0.05, 0) is 56.2 Å². The second kappa shape index (κ2) is 11.4. The highest BCUT2D eigenvalue weighted by atomic mass is 19.1. The van der Waals surface area contributed by atoms with Crippen LogP contribution in [0.25, 0.3) is 0 Å². The molecule has 0 aliphatic carbocycles. The molecule has 1 aliphatic rings. The first-order valence-corrected chi connectivity index (χ1v) is 12.3. The van der Waals surface area contributed by atoms with Crippen molar-refractivity contribution in [3.05, 3.63) is 95.6 Å². The van der Waals surface area contributed by atoms with Crippen LogP contribution in [0.5, 0.6) is 5.75 Å². The number of hydrogen-bond acceptors (Lipinski definition) is 4. The van der Waals surface area contributed by atoms with Gasteiger partial charge in [0, 0.05) is 12.1 Å². The molecule has 3 aromatic rings. The molecule has 0 saturated heterocycles. The van der Waals surface area contributed by atoms with Gasteiger partial charge < -0.3 is 20.3 Å². The highest BCUT2D eigenvalue weighted by Gasteiger charge is 2.41. The number of benzene rings is 3. The summed E-state index contributed by atoms with van der Waals surface area (Å²) in [7, 11) is 0. The van der Waals surface area contributed by atoms with Gasteiger partial charge >= 0.3 is 0 Å². The normalized spacial score (nSPS) is 17.7. The van der Waals surface area contributed by atoms with Crippen LogP contribution in [-0.4, -0.2) is 35.8 Å². The molecule has 3 amide bonds. The highest BCUT2D eigenvalue weighted by Crippen LogP contribution is 2.38. The number of rotatable bonds is 7. The number of ether oxygens (including phenoxy) is 1. The van der Waals surface area contributed by atoms with Crippen LogP contribution < -0.4 is 20.3 Å². The molecule has 0 unspecified atom stereocenters. The van der Waals surface area contributed by atoms with Gasteiger partial charge in [0.2, 0.25) is 11.8 Å². The Bertz CT molecular complexity index is 1310.